The topological polar surface area (TPSA) is 116 Å². The molecule has 13 heteroatoms. The van der Waals surface area contributed by atoms with Crippen molar-refractivity contribution in [3.8, 4) is 11.8 Å². The van der Waals surface area contributed by atoms with Gasteiger partial charge in [0.15, 0.2) is 21.5 Å². The van der Waals surface area contributed by atoms with Gasteiger partial charge < -0.3 is 10.1 Å². The largest absolute Gasteiger partial charge is 0.466 e. The molecule has 9 nitrogen and oxygen atoms in total. The van der Waals surface area contributed by atoms with Crippen LogP contribution in [0.1, 0.15) is 54.0 Å². The fourth-order valence-electron chi connectivity index (χ4n) is 3.29. The standard InChI is InChI=1S/C21H20ClF2N5O4S/c1-11(19-27-21(33-2)28-29(19)17-6-3-14(22)10-25-17)26-20(30)13-7-12(18(23)24)8-16(9-13)34(31,32)15-4-5-15/h3,6-11,15,18H,4-5H2,1-2H3,(H,26,30)/t11-/m0/s1. The molecule has 1 aromatic carbocycles. The second-order valence-corrected chi connectivity index (χ2v) is 10.4. The van der Waals surface area contributed by atoms with Crippen LogP contribution in [-0.2, 0) is 9.84 Å². The molecule has 0 unspecified atom stereocenters. The zero-order valence-corrected chi connectivity index (χ0v) is 19.6. The third-order valence-corrected chi connectivity index (χ3v) is 7.66. The van der Waals surface area contributed by atoms with E-state index in [0.29, 0.717) is 23.7 Å². The van der Waals surface area contributed by atoms with Gasteiger partial charge in [0.05, 0.1) is 28.3 Å². The number of sulfone groups is 1. The Hall–Kier alpha value is -3.12. The maximum absolute atomic E-state index is 13.5. The van der Waals surface area contributed by atoms with E-state index in [-0.39, 0.29) is 22.3 Å². The molecule has 0 spiro atoms. The predicted octanol–water partition coefficient (Wildman–Crippen LogP) is 3.69. The van der Waals surface area contributed by atoms with E-state index < -0.39 is 39.0 Å². The Balaban J connectivity index is 1.65. The molecule has 1 amide bonds. The Bertz CT molecular complexity index is 1330. The monoisotopic (exact) mass is 511 g/mol. The van der Waals surface area contributed by atoms with Gasteiger partial charge in [-0.2, -0.15) is 9.67 Å². The zero-order valence-electron chi connectivity index (χ0n) is 18.1. The van der Waals surface area contributed by atoms with Crippen LogP contribution in [0.5, 0.6) is 6.01 Å². The summed E-state index contributed by atoms with van der Waals surface area (Å²) >= 11 is 5.89. The number of hydrogen-bond acceptors (Lipinski definition) is 7. The summed E-state index contributed by atoms with van der Waals surface area (Å²) in [5, 5.41) is 6.65. The van der Waals surface area contributed by atoms with Gasteiger partial charge in [0, 0.05) is 17.3 Å². The van der Waals surface area contributed by atoms with Crippen LogP contribution in [0.25, 0.3) is 5.82 Å². The first-order valence-electron chi connectivity index (χ1n) is 10.2. The molecule has 0 radical (unpaired) electrons. The molecule has 0 aliphatic heterocycles. The first-order valence-corrected chi connectivity index (χ1v) is 12.1. The highest BCUT2D eigenvalue weighted by atomic mass is 35.5. The van der Waals surface area contributed by atoms with E-state index in [1.807, 2.05) is 0 Å². The van der Waals surface area contributed by atoms with Crippen molar-refractivity contribution in [3.63, 3.8) is 0 Å². The number of carbonyl (C=O) groups excluding carboxylic acids is 1. The van der Waals surface area contributed by atoms with Crippen molar-refractivity contribution < 1.29 is 26.7 Å². The molecule has 3 aromatic rings. The number of pyridine rings is 1. The number of alkyl halides is 2. The second-order valence-electron chi connectivity index (χ2n) is 7.73. The Labute approximate surface area is 199 Å². The van der Waals surface area contributed by atoms with Crippen LogP contribution in [-0.4, -0.2) is 46.4 Å². The van der Waals surface area contributed by atoms with Crippen molar-refractivity contribution in [2.45, 2.75) is 42.4 Å². The van der Waals surface area contributed by atoms with Crippen LogP contribution >= 0.6 is 11.6 Å². The van der Waals surface area contributed by atoms with Crippen LogP contribution in [0.4, 0.5) is 8.78 Å². The average Bonchev–Trinajstić information content (AvgIpc) is 3.59. The van der Waals surface area contributed by atoms with Gasteiger partial charge in [-0.3, -0.25) is 4.79 Å². The Morgan fingerprint density at radius 3 is 2.59 bits per heavy atom. The van der Waals surface area contributed by atoms with Crippen LogP contribution < -0.4 is 10.1 Å². The molecule has 1 N–H and O–H groups in total. The highest BCUT2D eigenvalue weighted by Crippen LogP contribution is 2.35. The van der Waals surface area contributed by atoms with Gasteiger partial charge in [0.1, 0.15) is 0 Å². The SMILES string of the molecule is COc1nc([C@H](C)NC(=O)c2cc(C(F)F)cc(S(=O)(=O)C3CC3)c2)n(-c2ccc(Cl)cn2)n1. The number of methoxy groups -OCH3 is 1. The van der Waals surface area contributed by atoms with E-state index in [1.54, 1.807) is 19.1 Å². The third-order valence-electron chi connectivity index (χ3n) is 5.19. The minimum Gasteiger partial charge on any atom is -0.466 e. The van der Waals surface area contributed by atoms with Gasteiger partial charge in [-0.05, 0) is 50.1 Å². The quantitative estimate of drug-likeness (QED) is 0.490. The van der Waals surface area contributed by atoms with Gasteiger partial charge in [0.25, 0.3) is 12.3 Å². The molecule has 1 saturated carbocycles. The van der Waals surface area contributed by atoms with Crippen LogP contribution in [0.15, 0.2) is 41.4 Å². The molecule has 2 heterocycles. The molecule has 0 saturated heterocycles. The number of benzene rings is 1. The fraction of sp³-hybridized carbons (Fsp3) is 0.333. The van der Waals surface area contributed by atoms with E-state index >= 15 is 0 Å². The normalized spacial score (nSPS) is 14.8. The van der Waals surface area contributed by atoms with Crippen LogP contribution in [0, 0.1) is 0 Å². The molecule has 1 atom stereocenters. The van der Waals surface area contributed by atoms with Crippen molar-refractivity contribution in [1.29, 1.82) is 0 Å². The first kappa shape index (κ1) is 24.0. The fourth-order valence-corrected chi connectivity index (χ4v) is 5.14. The van der Waals surface area contributed by atoms with Crippen molar-refractivity contribution >= 4 is 27.3 Å². The lowest BCUT2D eigenvalue weighted by atomic mass is 10.1. The van der Waals surface area contributed by atoms with Gasteiger partial charge in [0.2, 0.25) is 0 Å². The molecule has 1 fully saturated rings. The molecule has 1 aliphatic rings. The smallest absolute Gasteiger partial charge is 0.335 e. The van der Waals surface area contributed by atoms with Gasteiger partial charge in [-0.1, -0.05) is 11.6 Å². The van der Waals surface area contributed by atoms with E-state index in [9.17, 15) is 22.0 Å². The third kappa shape index (κ3) is 4.87. The van der Waals surface area contributed by atoms with E-state index in [4.69, 9.17) is 16.3 Å². The summed E-state index contributed by atoms with van der Waals surface area (Å²) < 4.78 is 58.6. The highest BCUT2D eigenvalue weighted by Gasteiger charge is 2.37. The molecule has 0 bridgehead atoms. The molecular weight excluding hydrogens is 492 g/mol. The first-order chi connectivity index (χ1) is 16.1. The van der Waals surface area contributed by atoms with E-state index in [1.165, 1.54) is 18.0 Å². The minimum absolute atomic E-state index is 0.0189. The van der Waals surface area contributed by atoms with Crippen LogP contribution in [0.2, 0.25) is 5.02 Å². The summed E-state index contributed by atoms with van der Waals surface area (Å²) in [5.74, 6) is -0.149. The van der Waals surface area contributed by atoms with Gasteiger partial charge in [-0.15, -0.1) is 5.10 Å². The number of halogens is 3. The number of carbonyl (C=O) groups is 1. The van der Waals surface area contributed by atoms with Crippen molar-refractivity contribution in [1.82, 2.24) is 25.1 Å². The zero-order chi connectivity index (χ0) is 24.6. The van der Waals surface area contributed by atoms with Crippen molar-refractivity contribution in [2.75, 3.05) is 7.11 Å². The lowest BCUT2D eigenvalue weighted by Crippen LogP contribution is -2.29. The van der Waals surface area contributed by atoms with Gasteiger partial charge in [-0.25, -0.2) is 22.2 Å². The summed E-state index contributed by atoms with van der Waals surface area (Å²) in [6.45, 7) is 1.60. The number of nitrogens with zero attached hydrogens (tertiary/aromatic N) is 4. The summed E-state index contributed by atoms with van der Waals surface area (Å²) in [6, 6.07) is 5.45. The van der Waals surface area contributed by atoms with Crippen molar-refractivity contribution in [3.05, 3.63) is 58.5 Å². The predicted molar refractivity (Wildman–Crippen MR) is 118 cm³/mol. The summed E-state index contributed by atoms with van der Waals surface area (Å²) in [4.78, 5) is 21.1. The Morgan fingerprint density at radius 1 is 1.26 bits per heavy atom. The number of rotatable bonds is 8. The molecule has 34 heavy (non-hydrogen) atoms. The summed E-state index contributed by atoms with van der Waals surface area (Å²) in [6.07, 6.45) is -0.594. The Kier molecular flexibility index (Phi) is 6.54. The van der Waals surface area contributed by atoms with Crippen molar-refractivity contribution in [2.24, 2.45) is 0 Å². The number of amides is 1. The number of nitrogens with one attached hydrogen (secondary N) is 1. The molecule has 180 valence electrons. The highest BCUT2D eigenvalue weighted by molar-refractivity contribution is 7.92. The average molecular weight is 512 g/mol. The number of ether oxygens (including phenoxy) is 1. The Morgan fingerprint density at radius 2 is 2.00 bits per heavy atom. The maximum Gasteiger partial charge on any atom is 0.335 e. The van der Waals surface area contributed by atoms with Crippen LogP contribution in [0.3, 0.4) is 0 Å². The van der Waals surface area contributed by atoms with E-state index in [0.717, 1.165) is 18.2 Å². The number of hydrogen-bond donors (Lipinski definition) is 1. The minimum atomic E-state index is -3.78. The molecule has 1 aliphatic carbocycles. The van der Waals surface area contributed by atoms with Gasteiger partial charge >= 0.3 is 6.01 Å². The molecule has 2 aromatic heterocycles. The second kappa shape index (κ2) is 9.26. The lowest BCUT2D eigenvalue weighted by molar-refractivity contribution is 0.0937. The maximum atomic E-state index is 13.5. The van der Waals surface area contributed by atoms with E-state index in [2.05, 4.69) is 20.4 Å². The summed E-state index contributed by atoms with van der Waals surface area (Å²) in [7, 11) is -2.41. The molecular formula is C21H20ClF2N5O4S. The lowest BCUT2D eigenvalue weighted by Gasteiger charge is -2.15. The summed E-state index contributed by atoms with van der Waals surface area (Å²) in [5.41, 5.74) is -0.749. The number of aromatic nitrogens is 4. The molecule has 4 rings (SSSR count).